The first kappa shape index (κ1) is 17.4. The number of aromatic hydroxyl groups is 1. The number of piperidine rings is 1. The molecule has 0 saturated carbocycles. The van der Waals surface area contributed by atoms with Gasteiger partial charge in [0.05, 0.1) is 11.3 Å². The SMILES string of the molecule is Cc1ccc(O)c(CN2CCC(Cc3ccccc3C(=O)O)CC2)n1. The minimum atomic E-state index is -0.853. The maximum atomic E-state index is 11.3. The van der Waals surface area contributed by atoms with Gasteiger partial charge in [0.1, 0.15) is 5.75 Å². The normalized spacial score (nSPS) is 16.0. The lowest BCUT2D eigenvalue weighted by Gasteiger charge is -2.32. The van der Waals surface area contributed by atoms with Crippen LogP contribution < -0.4 is 0 Å². The van der Waals surface area contributed by atoms with Crippen molar-refractivity contribution in [2.45, 2.75) is 32.7 Å². The van der Waals surface area contributed by atoms with Crippen molar-refractivity contribution in [3.8, 4) is 5.75 Å². The molecule has 3 rings (SSSR count). The van der Waals surface area contributed by atoms with Gasteiger partial charge in [-0.2, -0.15) is 0 Å². The molecule has 0 bridgehead atoms. The highest BCUT2D eigenvalue weighted by atomic mass is 16.4. The highest BCUT2D eigenvalue weighted by Crippen LogP contribution is 2.25. The summed E-state index contributed by atoms with van der Waals surface area (Å²) in [6.45, 7) is 4.46. The van der Waals surface area contributed by atoms with Crippen LogP contribution in [0, 0.1) is 12.8 Å². The average Bonchev–Trinajstić information content (AvgIpc) is 2.60. The molecule has 0 amide bonds. The van der Waals surface area contributed by atoms with Gasteiger partial charge in [-0.1, -0.05) is 18.2 Å². The molecule has 1 aromatic heterocycles. The number of pyridine rings is 1. The minimum absolute atomic E-state index is 0.253. The van der Waals surface area contributed by atoms with Crippen molar-refractivity contribution >= 4 is 5.97 Å². The number of nitrogens with zero attached hydrogens (tertiary/aromatic N) is 2. The van der Waals surface area contributed by atoms with E-state index in [4.69, 9.17) is 0 Å². The van der Waals surface area contributed by atoms with E-state index in [0.29, 0.717) is 18.0 Å². The lowest BCUT2D eigenvalue weighted by atomic mass is 9.88. The number of aromatic nitrogens is 1. The van der Waals surface area contributed by atoms with Gasteiger partial charge in [0, 0.05) is 12.2 Å². The van der Waals surface area contributed by atoms with E-state index in [2.05, 4.69) is 9.88 Å². The van der Waals surface area contributed by atoms with Gasteiger partial charge in [-0.15, -0.1) is 0 Å². The van der Waals surface area contributed by atoms with Crippen molar-refractivity contribution < 1.29 is 15.0 Å². The summed E-state index contributed by atoms with van der Waals surface area (Å²) < 4.78 is 0. The summed E-state index contributed by atoms with van der Waals surface area (Å²) in [7, 11) is 0. The van der Waals surface area contributed by atoms with Crippen molar-refractivity contribution in [3.63, 3.8) is 0 Å². The summed E-state index contributed by atoms with van der Waals surface area (Å²) in [5, 5.41) is 19.3. The van der Waals surface area contributed by atoms with Crippen LogP contribution in [-0.4, -0.2) is 39.2 Å². The van der Waals surface area contributed by atoms with E-state index in [1.54, 1.807) is 18.2 Å². The molecule has 2 aromatic rings. The Morgan fingerprint density at radius 3 is 2.64 bits per heavy atom. The molecule has 1 aliphatic rings. The quantitative estimate of drug-likeness (QED) is 0.874. The molecule has 1 saturated heterocycles. The van der Waals surface area contributed by atoms with Crippen molar-refractivity contribution in [3.05, 3.63) is 58.9 Å². The molecule has 0 unspecified atom stereocenters. The molecule has 1 aliphatic heterocycles. The van der Waals surface area contributed by atoms with Crippen molar-refractivity contribution in [2.75, 3.05) is 13.1 Å². The molecular formula is C20H24N2O3. The first-order valence-corrected chi connectivity index (χ1v) is 8.72. The number of rotatable bonds is 5. The second-order valence-electron chi connectivity index (χ2n) is 6.80. The number of hydrogen-bond donors (Lipinski definition) is 2. The third kappa shape index (κ3) is 4.37. The first-order valence-electron chi connectivity index (χ1n) is 8.72. The summed E-state index contributed by atoms with van der Waals surface area (Å²) >= 11 is 0. The average molecular weight is 340 g/mol. The Balaban J connectivity index is 1.57. The van der Waals surface area contributed by atoms with E-state index < -0.39 is 5.97 Å². The zero-order valence-corrected chi connectivity index (χ0v) is 14.5. The van der Waals surface area contributed by atoms with E-state index in [-0.39, 0.29) is 5.75 Å². The fraction of sp³-hybridized carbons (Fsp3) is 0.400. The molecule has 1 fully saturated rings. The fourth-order valence-electron chi connectivity index (χ4n) is 3.50. The number of aryl methyl sites for hydroxylation is 1. The number of carbonyl (C=O) groups is 1. The summed E-state index contributed by atoms with van der Waals surface area (Å²) in [6, 6.07) is 10.8. The number of benzene rings is 1. The molecule has 0 atom stereocenters. The Bertz CT molecular complexity index is 752. The van der Waals surface area contributed by atoms with Crippen LogP contribution in [0.3, 0.4) is 0 Å². The fourth-order valence-corrected chi connectivity index (χ4v) is 3.50. The van der Waals surface area contributed by atoms with Gasteiger partial charge >= 0.3 is 5.97 Å². The number of hydrogen-bond acceptors (Lipinski definition) is 4. The number of aromatic carboxylic acids is 1. The molecule has 0 aliphatic carbocycles. The molecule has 0 spiro atoms. The predicted octanol–water partition coefficient (Wildman–Crippen LogP) is 3.25. The first-order chi connectivity index (χ1) is 12.0. The summed E-state index contributed by atoms with van der Waals surface area (Å²) in [4.78, 5) is 18.1. The van der Waals surface area contributed by atoms with Crippen LogP contribution in [0.5, 0.6) is 5.75 Å². The Hall–Kier alpha value is -2.40. The lowest BCUT2D eigenvalue weighted by molar-refractivity contribution is 0.0695. The van der Waals surface area contributed by atoms with Crippen LogP contribution in [0.2, 0.25) is 0 Å². The van der Waals surface area contributed by atoms with Crippen LogP contribution >= 0.6 is 0 Å². The molecule has 0 radical (unpaired) electrons. The zero-order chi connectivity index (χ0) is 17.8. The zero-order valence-electron chi connectivity index (χ0n) is 14.5. The van der Waals surface area contributed by atoms with Gasteiger partial charge in [-0.05, 0) is 69.0 Å². The standard InChI is InChI=1S/C20H24N2O3/c1-14-6-7-19(23)18(21-14)13-22-10-8-15(9-11-22)12-16-4-2-3-5-17(16)20(24)25/h2-7,15,23H,8-13H2,1H3,(H,24,25). The number of carboxylic acid groups (broad SMARTS) is 1. The van der Waals surface area contributed by atoms with E-state index >= 15 is 0 Å². The second-order valence-corrected chi connectivity index (χ2v) is 6.80. The molecule has 5 nitrogen and oxygen atoms in total. The minimum Gasteiger partial charge on any atom is -0.506 e. The van der Waals surface area contributed by atoms with E-state index in [0.717, 1.165) is 49.3 Å². The van der Waals surface area contributed by atoms with Crippen molar-refractivity contribution in [1.82, 2.24) is 9.88 Å². The van der Waals surface area contributed by atoms with Crippen LogP contribution in [0.15, 0.2) is 36.4 Å². The topological polar surface area (TPSA) is 73.7 Å². The van der Waals surface area contributed by atoms with Gasteiger partial charge in [0.15, 0.2) is 0 Å². The van der Waals surface area contributed by atoms with Gasteiger partial charge < -0.3 is 10.2 Å². The Kier molecular flexibility index (Phi) is 5.34. The number of likely N-dealkylation sites (tertiary alicyclic amines) is 1. The second kappa shape index (κ2) is 7.66. The molecule has 25 heavy (non-hydrogen) atoms. The summed E-state index contributed by atoms with van der Waals surface area (Å²) in [6.07, 6.45) is 2.87. The molecule has 2 N–H and O–H groups in total. The molecule has 132 valence electrons. The smallest absolute Gasteiger partial charge is 0.335 e. The van der Waals surface area contributed by atoms with Crippen LogP contribution in [0.4, 0.5) is 0 Å². The van der Waals surface area contributed by atoms with Crippen molar-refractivity contribution in [2.24, 2.45) is 5.92 Å². The maximum absolute atomic E-state index is 11.3. The van der Waals surface area contributed by atoms with E-state index in [9.17, 15) is 15.0 Å². The highest BCUT2D eigenvalue weighted by Gasteiger charge is 2.22. The summed E-state index contributed by atoms with van der Waals surface area (Å²) in [5.41, 5.74) is 2.98. The maximum Gasteiger partial charge on any atom is 0.335 e. The van der Waals surface area contributed by atoms with Gasteiger partial charge in [-0.25, -0.2) is 4.79 Å². The predicted molar refractivity (Wildman–Crippen MR) is 95.7 cm³/mol. The molecular weight excluding hydrogens is 316 g/mol. The molecule has 2 heterocycles. The summed E-state index contributed by atoms with van der Waals surface area (Å²) in [5.74, 6) is -0.104. The third-order valence-corrected chi connectivity index (χ3v) is 4.93. The van der Waals surface area contributed by atoms with E-state index in [1.807, 2.05) is 25.1 Å². The van der Waals surface area contributed by atoms with Gasteiger partial charge in [0.25, 0.3) is 0 Å². The number of carboxylic acids is 1. The highest BCUT2D eigenvalue weighted by molar-refractivity contribution is 5.89. The van der Waals surface area contributed by atoms with Crippen LogP contribution in [-0.2, 0) is 13.0 Å². The Morgan fingerprint density at radius 1 is 1.20 bits per heavy atom. The molecule has 1 aromatic carbocycles. The van der Waals surface area contributed by atoms with Crippen LogP contribution in [0.25, 0.3) is 0 Å². The molecule has 5 heteroatoms. The van der Waals surface area contributed by atoms with Crippen LogP contribution in [0.1, 0.15) is 40.2 Å². The van der Waals surface area contributed by atoms with E-state index in [1.165, 1.54) is 0 Å². The Labute approximate surface area is 147 Å². The lowest BCUT2D eigenvalue weighted by Crippen LogP contribution is -2.34. The largest absolute Gasteiger partial charge is 0.506 e. The van der Waals surface area contributed by atoms with Gasteiger partial charge in [0.2, 0.25) is 0 Å². The Morgan fingerprint density at radius 2 is 1.92 bits per heavy atom. The van der Waals surface area contributed by atoms with Gasteiger partial charge in [-0.3, -0.25) is 9.88 Å². The monoisotopic (exact) mass is 340 g/mol. The third-order valence-electron chi connectivity index (χ3n) is 4.93. The van der Waals surface area contributed by atoms with Crippen molar-refractivity contribution in [1.29, 1.82) is 0 Å².